The first-order chi connectivity index (χ1) is 17.6. The summed E-state index contributed by atoms with van der Waals surface area (Å²) < 4.78 is 32.4. The molecule has 1 saturated carbocycles. The molecule has 4 atom stereocenters. The summed E-state index contributed by atoms with van der Waals surface area (Å²) in [5.74, 6) is -2.47. The quantitative estimate of drug-likeness (QED) is 0.285. The lowest BCUT2D eigenvalue weighted by Gasteiger charge is -2.48. The molecule has 13 heteroatoms. The molecule has 0 aromatic heterocycles. The minimum Gasteiger partial charge on any atom is -0.487 e. The molecule has 37 heavy (non-hydrogen) atoms. The fourth-order valence-corrected chi connectivity index (χ4v) is 6.25. The van der Waals surface area contributed by atoms with Crippen LogP contribution >= 0.6 is 11.6 Å². The summed E-state index contributed by atoms with van der Waals surface area (Å²) in [5.41, 5.74) is 9.53. The Morgan fingerprint density at radius 2 is 1.95 bits per heavy atom. The molecule has 196 valence electrons. The number of benzene rings is 2. The zero-order valence-corrected chi connectivity index (χ0v) is 21.5. The number of hydrogen-bond acceptors (Lipinski definition) is 6. The van der Waals surface area contributed by atoms with Gasteiger partial charge in [-0.15, -0.1) is 0 Å². The second-order valence-corrected chi connectivity index (χ2v) is 11.3. The van der Waals surface area contributed by atoms with E-state index < -0.39 is 45.9 Å². The predicted octanol–water partition coefficient (Wildman–Crippen LogP) is 4.21. The van der Waals surface area contributed by atoms with Crippen molar-refractivity contribution in [3.63, 3.8) is 0 Å². The minimum atomic E-state index is -3.59. The van der Waals surface area contributed by atoms with Crippen LogP contribution in [0.15, 0.2) is 47.6 Å². The Morgan fingerprint density at radius 3 is 2.59 bits per heavy atom. The average molecular weight is 548 g/mol. The average Bonchev–Trinajstić information content (AvgIpc) is 2.84. The van der Waals surface area contributed by atoms with Crippen molar-refractivity contribution in [2.75, 3.05) is 13.0 Å². The molecular weight excluding hydrogens is 522 g/mol. The largest absolute Gasteiger partial charge is 0.487 e. The highest BCUT2D eigenvalue weighted by Gasteiger charge is 2.49. The maximum absolute atomic E-state index is 14.1. The summed E-state index contributed by atoms with van der Waals surface area (Å²) in [6.07, 6.45) is 3.60. The highest BCUT2D eigenvalue weighted by molar-refractivity contribution is 7.88. The summed E-state index contributed by atoms with van der Waals surface area (Å²) in [6, 6.07) is 9.07. The SMILES string of the molecule is CS(=O)(=O)N[C@H]1CCCC[C@@H]1N1C(=O)c2cc(OCN=[N+]=[N-])ccc2[C@@H](C(=O)O)[C@@H]1c1ccc(Cl)cc1. The van der Waals surface area contributed by atoms with E-state index in [9.17, 15) is 23.1 Å². The zero-order valence-electron chi connectivity index (χ0n) is 19.9. The van der Waals surface area contributed by atoms with Gasteiger partial charge in [-0.25, -0.2) is 13.1 Å². The van der Waals surface area contributed by atoms with E-state index in [0.717, 1.165) is 19.1 Å². The summed E-state index contributed by atoms with van der Waals surface area (Å²) in [5, 5.41) is 14.2. The summed E-state index contributed by atoms with van der Waals surface area (Å²) in [7, 11) is -3.59. The van der Waals surface area contributed by atoms with Crippen molar-refractivity contribution in [1.29, 1.82) is 0 Å². The van der Waals surface area contributed by atoms with Crippen LogP contribution in [0.3, 0.4) is 0 Å². The third-order valence-corrected chi connectivity index (χ3v) is 7.71. The van der Waals surface area contributed by atoms with Gasteiger partial charge in [0.15, 0.2) is 6.73 Å². The summed E-state index contributed by atoms with van der Waals surface area (Å²) in [4.78, 5) is 31.0. The number of hydrogen-bond donors (Lipinski definition) is 2. The third-order valence-electron chi connectivity index (χ3n) is 6.72. The number of ether oxygens (including phenoxy) is 1. The maximum atomic E-state index is 14.1. The number of azide groups is 1. The molecule has 1 aliphatic heterocycles. The van der Waals surface area contributed by atoms with Crippen molar-refractivity contribution in [2.24, 2.45) is 5.11 Å². The molecule has 0 radical (unpaired) electrons. The predicted molar refractivity (Wildman–Crippen MR) is 136 cm³/mol. The first kappa shape index (κ1) is 26.7. The van der Waals surface area contributed by atoms with E-state index >= 15 is 0 Å². The van der Waals surface area contributed by atoms with E-state index in [2.05, 4.69) is 14.7 Å². The van der Waals surface area contributed by atoms with Gasteiger partial charge in [0, 0.05) is 27.6 Å². The molecule has 4 rings (SSSR count). The fraction of sp³-hybridized carbons (Fsp3) is 0.417. The molecule has 0 saturated heterocycles. The molecule has 0 unspecified atom stereocenters. The lowest BCUT2D eigenvalue weighted by Crippen LogP contribution is -2.58. The van der Waals surface area contributed by atoms with Crippen LogP contribution in [-0.2, 0) is 14.8 Å². The van der Waals surface area contributed by atoms with Crippen molar-refractivity contribution < 1.29 is 27.9 Å². The van der Waals surface area contributed by atoms with E-state index in [1.165, 1.54) is 23.1 Å². The van der Waals surface area contributed by atoms with E-state index in [-0.39, 0.29) is 18.0 Å². The molecule has 1 heterocycles. The van der Waals surface area contributed by atoms with Gasteiger partial charge >= 0.3 is 5.97 Å². The number of halogens is 1. The molecule has 2 aromatic carbocycles. The van der Waals surface area contributed by atoms with Crippen molar-refractivity contribution in [2.45, 2.75) is 49.7 Å². The Morgan fingerprint density at radius 1 is 1.24 bits per heavy atom. The zero-order chi connectivity index (χ0) is 26.7. The van der Waals surface area contributed by atoms with Crippen LogP contribution in [0, 0.1) is 0 Å². The number of fused-ring (bicyclic) bond motifs is 1. The number of nitrogens with zero attached hydrogens (tertiary/aromatic N) is 4. The van der Waals surface area contributed by atoms with Crippen LogP contribution in [0.1, 0.15) is 59.1 Å². The Hall–Kier alpha value is -3.31. The first-order valence-corrected chi connectivity index (χ1v) is 13.9. The number of carboxylic acid groups (broad SMARTS) is 1. The van der Waals surface area contributed by atoms with Crippen LogP contribution in [0.4, 0.5) is 0 Å². The van der Waals surface area contributed by atoms with E-state index in [1.807, 2.05) is 0 Å². The van der Waals surface area contributed by atoms with Crippen molar-refractivity contribution in [1.82, 2.24) is 9.62 Å². The summed E-state index contributed by atoms with van der Waals surface area (Å²) in [6.45, 7) is -0.300. The number of rotatable bonds is 8. The number of aliphatic carboxylic acids is 1. The second-order valence-electron chi connectivity index (χ2n) is 9.13. The van der Waals surface area contributed by atoms with E-state index in [4.69, 9.17) is 21.9 Å². The smallest absolute Gasteiger partial charge is 0.313 e. The van der Waals surface area contributed by atoms with Gasteiger partial charge < -0.3 is 14.7 Å². The molecule has 2 N–H and O–H groups in total. The van der Waals surface area contributed by atoms with Crippen LogP contribution in [-0.4, -0.2) is 55.4 Å². The Labute approximate surface area is 219 Å². The van der Waals surface area contributed by atoms with Gasteiger partial charge in [0.05, 0.1) is 12.3 Å². The van der Waals surface area contributed by atoms with Gasteiger partial charge in [0.2, 0.25) is 10.0 Å². The number of sulfonamides is 1. The normalized spacial score (nSPS) is 23.6. The van der Waals surface area contributed by atoms with Gasteiger partial charge in [-0.3, -0.25) is 9.59 Å². The molecular formula is C24H26ClN5O6S. The van der Waals surface area contributed by atoms with E-state index in [0.29, 0.717) is 29.0 Å². The topological polar surface area (TPSA) is 162 Å². The van der Waals surface area contributed by atoms with Crippen LogP contribution in [0.2, 0.25) is 5.02 Å². The molecule has 2 aromatic rings. The first-order valence-electron chi connectivity index (χ1n) is 11.7. The van der Waals surface area contributed by atoms with Crippen molar-refractivity contribution in [3.8, 4) is 5.75 Å². The minimum absolute atomic E-state index is 0.139. The second kappa shape index (κ2) is 11.0. The molecule has 2 aliphatic rings. The van der Waals surface area contributed by atoms with Crippen molar-refractivity contribution in [3.05, 3.63) is 74.6 Å². The number of nitrogens with one attached hydrogen (secondary N) is 1. The lowest BCUT2D eigenvalue weighted by atomic mass is 9.77. The third kappa shape index (κ3) is 5.83. The van der Waals surface area contributed by atoms with Crippen LogP contribution in [0.25, 0.3) is 10.4 Å². The molecule has 0 bridgehead atoms. The van der Waals surface area contributed by atoms with Crippen LogP contribution < -0.4 is 9.46 Å². The number of amides is 1. The molecule has 0 spiro atoms. The number of carbonyl (C=O) groups excluding carboxylic acids is 1. The Kier molecular flexibility index (Phi) is 7.93. The highest BCUT2D eigenvalue weighted by atomic mass is 35.5. The Bertz CT molecular complexity index is 1350. The van der Waals surface area contributed by atoms with Gasteiger partial charge in [0.1, 0.15) is 11.7 Å². The summed E-state index contributed by atoms with van der Waals surface area (Å²) >= 11 is 6.09. The van der Waals surface area contributed by atoms with Crippen LogP contribution in [0.5, 0.6) is 5.75 Å². The van der Waals surface area contributed by atoms with E-state index in [1.54, 1.807) is 24.3 Å². The lowest BCUT2D eigenvalue weighted by molar-refractivity contribution is -0.141. The molecule has 11 nitrogen and oxygen atoms in total. The Balaban J connectivity index is 1.88. The standard InChI is InChI=1S/C24H26ClN5O6S/c1-37(34,35)28-19-4-2-3-5-20(19)30-22(14-6-8-15(25)9-7-14)21(24(32)33)17-11-10-16(36-13-27-29-26)12-18(17)23(30)31/h6-12,19-22,28H,2-5,13H2,1H3,(H,32,33)/t19-,20-,21+,22-/m0/s1. The van der Waals surface area contributed by atoms with Gasteiger partial charge in [0.25, 0.3) is 5.91 Å². The maximum Gasteiger partial charge on any atom is 0.313 e. The van der Waals surface area contributed by atoms with Gasteiger partial charge in [-0.1, -0.05) is 47.8 Å². The number of carbonyl (C=O) groups is 2. The monoisotopic (exact) mass is 547 g/mol. The number of carboxylic acids is 1. The van der Waals surface area contributed by atoms with Crippen molar-refractivity contribution >= 4 is 33.5 Å². The highest BCUT2D eigenvalue weighted by Crippen LogP contribution is 2.46. The van der Waals surface area contributed by atoms with Gasteiger partial charge in [-0.2, -0.15) is 0 Å². The fourth-order valence-electron chi connectivity index (χ4n) is 5.30. The van der Waals surface area contributed by atoms with Gasteiger partial charge in [-0.05, 0) is 53.8 Å². The molecule has 1 aliphatic carbocycles. The molecule has 1 fully saturated rings. The molecule has 1 amide bonds.